The Morgan fingerprint density at radius 3 is 2.62 bits per heavy atom. The minimum absolute atomic E-state index is 0.170. The van der Waals surface area contributed by atoms with Crippen LogP contribution in [-0.4, -0.2) is 6.54 Å². The molecule has 86 valence electrons. The van der Waals surface area contributed by atoms with E-state index in [1.165, 1.54) is 12.1 Å². The maximum Gasteiger partial charge on any atom is 0.127 e. The van der Waals surface area contributed by atoms with Crippen molar-refractivity contribution in [1.82, 2.24) is 5.32 Å². The van der Waals surface area contributed by atoms with E-state index in [1.54, 1.807) is 6.07 Å². The summed E-state index contributed by atoms with van der Waals surface area (Å²) in [4.78, 5) is 0. The van der Waals surface area contributed by atoms with Gasteiger partial charge in [-0.3, -0.25) is 0 Å². The third kappa shape index (κ3) is 4.00. The Morgan fingerprint density at radius 2 is 2.06 bits per heavy atom. The number of hydrogen-bond donors (Lipinski definition) is 1. The van der Waals surface area contributed by atoms with E-state index in [-0.39, 0.29) is 11.2 Å². The average molecular weight is 220 g/mol. The Hall–Kier alpha value is -1.40. The van der Waals surface area contributed by atoms with Crippen LogP contribution in [0.1, 0.15) is 31.9 Å². The van der Waals surface area contributed by atoms with Gasteiger partial charge in [-0.15, -0.1) is 0 Å². The number of rotatable bonds is 3. The van der Waals surface area contributed by atoms with Gasteiger partial charge in [-0.2, -0.15) is 5.26 Å². The maximum atomic E-state index is 13.4. The smallest absolute Gasteiger partial charge is 0.127 e. The highest BCUT2D eigenvalue weighted by Gasteiger charge is 2.10. The molecular weight excluding hydrogens is 203 g/mol. The number of nitrogens with zero attached hydrogens (tertiary/aromatic N) is 1. The monoisotopic (exact) mass is 220 g/mol. The van der Waals surface area contributed by atoms with Crippen LogP contribution >= 0.6 is 0 Å². The number of nitrogens with one attached hydrogen (secondary N) is 1. The molecule has 0 saturated carbocycles. The van der Waals surface area contributed by atoms with Gasteiger partial charge in [0.15, 0.2) is 0 Å². The molecule has 1 rings (SSSR count). The molecule has 0 bridgehead atoms. The third-order valence-corrected chi connectivity index (χ3v) is 2.15. The molecule has 0 unspecified atom stereocenters. The van der Waals surface area contributed by atoms with Gasteiger partial charge >= 0.3 is 0 Å². The van der Waals surface area contributed by atoms with E-state index in [4.69, 9.17) is 5.26 Å². The number of nitriles is 1. The number of halogens is 1. The number of hydrogen-bond acceptors (Lipinski definition) is 2. The van der Waals surface area contributed by atoms with Crippen molar-refractivity contribution in [1.29, 1.82) is 5.26 Å². The summed E-state index contributed by atoms with van der Waals surface area (Å²) in [6.45, 7) is 7.61. The molecule has 0 fully saturated rings. The van der Waals surface area contributed by atoms with Crippen molar-refractivity contribution in [2.45, 2.75) is 27.3 Å². The molecule has 0 atom stereocenters. The first-order valence-electron chi connectivity index (χ1n) is 5.31. The first-order valence-corrected chi connectivity index (χ1v) is 5.31. The maximum absolute atomic E-state index is 13.4. The molecule has 0 aliphatic rings. The lowest BCUT2D eigenvalue weighted by atomic mass is 9.97. The normalized spacial score (nSPS) is 11.2. The predicted octanol–water partition coefficient (Wildman–Crippen LogP) is 2.83. The highest BCUT2D eigenvalue weighted by molar-refractivity contribution is 5.33. The molecule has 0 saturated heterocycles. The standard InChI is InChI=1S/C13H17FN2/c1-13(2,3)9-16-8-11-6-10(7-15)4-5-12(11)14/h4-6,16H,8-9H2,1-3H3. The van der Waals surface area contributed by atoms with E-state index >= 15 is 0 Å². The van der Waals surface area contributed by atoms with E-state index in [9.17, 15) is 4.39 Å². The Bertz CT molecular complexity index is 399. The highest BCUT2D eigenvalue weighted by atomic mass is 19.1. The minimum atomic E-state index is -0.264. The van der Waals surface area contributed by atoms with E-state index in [0.717, 1.165) is 6.54 Å². The zero-order valence-electron chi connectivity index (χ0n) is 9.97. The first-order chi connectivity index (χ1) is 7.42. The van der Waals surface area contributed by atoms with Crippen LogP contribution in [0.15, 0.2) is 18.2 Å². The molecule has 0 spiro atoms. The molecule has 1 N–H and O–H groups in total. The Morgan fingerprint density at radius 1 is 1.38 bits per heavy atom. The van der Waals surface area contributed by atoms with Crippen molar-refractivity contribution in [3.63, 3.8) is 0 Å². The summed E-state index contributed by atoms with van der Waals surface area (Å²) in [5.74, 6) is -0.264. The lowest BCUT2D eigenvalue weighted by Crippen LogP contribution is -2.26. The first kappa shape index (κ1) is 12.7. The zero-order chi connectivity index (χ0) is 12.2. The summed E-state index contributed by atoms with van der Waals surface area (Å²) in [5, 5.41) is 11.9. The molecule has 0 aliphatic heterocycles. The van der Waals surface area contributed by atoms with Crippen LogP contribution in [0, 0.1) is 22.6 Å². The quantitative estimate of drug-likeness (QED) is 0.850. The van der Waals surface area contributed by atoms with Crippen LogP contribution in [0.4, 0.5) is 4.39 Å². The van der Waals surface area contributed by atoms with Crippen LogP contribution in [0.5, 0.6) is 0 Å². The van der Waals surface area contributed by atoms with Crippen molar-refractivity contribution in [3.8, 4) is 6.07 Å². The molecule has 0 heterocycles. The highest BCUT2D eigenvalue weighted by Crippen LogP contribution is 2.13. The Kier molecular flexibility index (Phi) is 4.03. The summed E-state index contributed by atoms with van der Waals surface area (Å²) >= 11 is 0. The van der Waals surface area contributed by atoms with Crippen LogP contribution in [-0.2, 0) is 6.54 Å². The second-order valence-electron chi connectivity index (χ2n) is 5.08. The fourth-order valence-corrected chi connectivity index (χ4v) is 1.35. The fourth-order valence-electron chi connectivity index (χ4n) is 1.35. The summed E-state index contributed by atoms with van der Waals surface area (Å²) in [6.07, 6.45) is 0. The van der Waals surface area contributed by atoms with Crippen molar-refractivity contribution in [2.24, 2.45) is 5.41 Å². The van der Waals surface area contributed by atoms with Gasteiger partial charge in [0.1, 0.15) is 5.82 Å². The van der Waals surface area contributed by atoms with Gasteiger partial charge in [-0.25, -0.2) is 4.39 Å². The van der Waals surface area contributed by atoms with E-state index < -0.39 is 0 Å². The lowest BCUT2D eigenvalue weighted by Gasteiger charge is -2.18. The molecule has 0 aromatic heterocycles. The van der Waals surface area contributed by atoms with E-state index in [1.807, 2.05) is 6.07 Å². The summed E-state index contributed by atoms with van der Waals surface area (Å²) < 4.78 is 13.4. The SMILES string of the molecule is CC(C)(C)CNCc1cc(C#N)ccc1F. The van der Waals surface area contributed by atoms with Crippen molar-refractivity contribution < 1.29 is 4.39 Å². The molecule has 1 aromatic rings. The van der Waals surface area contributed by atoms with Gasteiger partial charge < -0.3 is 5.32 Å². The molecule has 1 aromatic carbocycles. The van der Waals surface area contributed by atoms with Gasteiger partial charge in [-0.1, -0.05) is 20.8 Å². The third-order valence-electron chi connectivity index (χ3n) is 2.15. The fraction of sp³-hybridized carbons (Fsp3) is 0.462. The van der Waals surface area contributed by atoms with Gasteiger partial charge in [0.25, 0.3) is 0 Å². The van der Waals surface area contributed by atoms with Crippen LogP contribution in [0.3, 0.4) is 0 Å². The van der Waals surface area contributed by atoms with Crippen molar-refractivity contribution in [3.05, 3.63) is 35.1 Å². The van der Waals surface area contributed by atoms with E-state index in [0.29, 0.717) is 17.7 Å². The predicted molar refractivity (Wildman–Crippen MR) is 62.3 cm³/mol. The second-order valence-corrected chi connectivity index (χ2v) is 5.08. The van der Waals surface area contributed by atoms with Gasteiger partial charge in [0.05, 0.1) is 11.6 Å². The topological polar surface area (TPSA) is 35.8 Å². The molecule has 0 radical (unpaired) electrons. The van der Waals surface area contributed by atoms with Crippen LogP contribution < -0.4 is 5.32 Å². The lowest BCUT2D eigenvalue weighted by molar-refractivity contribution is 0.377. The number of benzene rings is 1. The van der Waals surface area contributed by atoms with E-state index in [2.05, 4.69) is 26.1 Å². The Balaban J connectivity index is 2.64. The van der Waals surface area contributed by atoms with Gasteiger partial charge in [-0.05, 0) is 23.6 Å². The summed E-state index contributed by atoms with van der Waals surface area (Å²) in [5.41, 5.74) is 1.21. The molecule has 0 aliphatic carbocycles. The van der Waals surface area contributed by atoms with Crippen molar-refractivity contribution >= 4 is 0 Å². The van der Waals surface area contributed by atoms with Gasteiger partial charge in [0.2, 0.25) is 0 Å². The summed E-state index contributed by atoms with van der Waals surface area (Å²) in [7, 11) is 0. The second kappa shape index (κ2) is 5.09. The van der Waals surface area contributed by atoms with Crippen LogP contribution in [0.2, 0.25) is 0 Å². The van der Waals surface area contributed by atoms with Crippen molar-refractivity contribution in [2.75, 3.05) is 6.54 Å². The molecule has 16 heavy (non-hydrogen) atoms. The zero-order valence-corrected chi connectivity index (χ0v) is 9.97. The molecule has 0 amide bonds. The minimum Gasteiger partial charge on any atom is -0.312 e. The average Bonchev–Trinajstić information content (AvgIpc) is 2.19. The van der Waals surface area contributed by atoms with Crippen LogP contribution in [0.25, 0.3) is 0 Å². The largest absolute Gasteiger partial charge is 0.312 e. The molecule has 3 heteroatoms. The molecular formula is C13H17FN2. The molecule has 2 nitrogen and oxygen atoms in total. The summed E-state index contributed by atoms with van der Waals surface area (Å²) in [6, 6.07) is 6.42. The van der Waals surface area contributed by atoms with Gasteiger partial charge in [0, 0.05) is 18.7 Å². The Labute approximate surface area is 96.1 Å².